The first-order valence-electron chi connectivity index (χ1n) is 10.5. The van der Waals surface area contributed by atoms with Crippen LogP contribution >= 0.6 is 0 Å². The number of nitrogens with one attached hydrogen (secondary N) is 2. The fourth-order valence-corrected chi connectivity index (χ4v) is 3.06. The summed E-state index contributed by atoms with van der Waals surface area (Å²) in [4.78, 5) is 24.9. The highest BCUT2D eigenvalue weighted by atomic mass is 16.5. The minimum atomic E-state index is -0.509. The first-order chi connectivity index (χ1) is 14.0. The van der Waals surface area contributed by atoms with Crippen LogP contribution in [0.25, 0.3) is 0 Å². The van der Waals surface area contributed by atoms with Gasteiger partial charge in [0.25, 0.3) is 0 Å². The van der Waals surface area contributed by atoms with Crippen molar-refractivity contribution in [1.82, 2.24) is 10.6 Å². The summed E-state index contributed by atoms with van der Waals surface area (Å²) in [5.41, 5.74) is 4.85. The monoisotopic (exact) mass is 408 g/mol. The van der Waals surface area contributed by atoms with Crippen molar-refractivity contribution in [3.05, 3.63) is 23.8 Å². The molecule has 0 aliphatic rings. The van der Waals surface area contributed by atoms with E-state index in [9.17, 15) is 9.59 Å². The molecule has 5 N–H and O–H groups in total. The standard InChI is InChI=1S/C22H37N3O4/c1-5-16(2)21(25-20(26)9-7-6-8-13-23)22(27)24-14-12-17-10-11-18(28-3)19(15-17)29-4/h10-11,15-16,21H,5-9,12-14,23H2,1-4H3,(H,24,27)(H,25,26)/p+1/t16-,21-/m0/s1. The Labute approximate surface area is 174 Å². The quantitative estimate of drug-likeness (QED) is 0.408. The summed E-state index contributed by atoms with van der Waals surface area (Å²) in [5, 5.41) is 5.88. The van der Waals surface area contributed by atoms with E-state index in [4.69, 9.17) is 9.47 Å². The van der Waals surface area contributed by atoms with Crippen LogP contribution in [0.3, 0.4) is 0 Å². The predicted octanol–water partition coefficient (Wildman–Crippen LogP) is 1.70. The molecule has 0 fully saturated rings. The summed E-state index contributed by atoms with van der Waals surface area (Å²) in [6.07, 6.45) is 4.77. The molecule has 164 valence electrons. The number of amides is 2. The maximum absolute atomic E-state index is 12.7. The van der Waals surface area contributed by atoms with E-state index in [2.05, 4.69) is 16.4 Å². The lowest BCUT2D eigenvalue weighted by Crippen LogP contribution is -2.50. The molecule has 0 bridgehead atoms. The highest BCUT2D eigenvalue weighted by Crippen LogP contribution is 2.27. The van der Waals surface area contributed by atoms with Gasteiger partial charge in [-0.1, -0.05) is 26.3 Å². The summed E-state index contributed by atoms with van der Waals surface area (Å²) in [6.45, 7) is 5.39. The molecule has 0 radical (unpaired) electrons. The number of methoxy groups -OCH3 is 2. The molecular formula is C22H38N3O4+. The lowest BCUT2D eigenvalue weighted by atomic mass is 9.98. The Morgan fingerprint density at radius 3 is 2.45 bits per heavy atom. The number of ether oxygens (including phenoxy) is 2. The molecule has 0 aliphatic heterocycles. The molecule has 7 heteroatoms. The predicted molar refractivity (Wildman–Crippen MR) is 114 cm³/mol. The highest BCUT2D eigenvalue weighted by Gasteiger charge is 2.25. The molecule has 0 saturated heterocycles. The number of benzene rings is 1. The first-order valence-corrected chi connectivity index (χ1v) is 10.5. The van der Waals surface area contributed by atoms with Gasteiger partial charge in [0, 0.05) is 13.0 Å². The zero-order chi connectivity index (χ0) is 21.6. The van der Waals surface area contributed by atoms with Crippen molar-refractivity contribution in [2.24, 2.45) is 5.92 Å². The van der Waals surface area contributed by atoms with E-state index in [1.54, 1.807) is 14.2 Å². The van der Waals surface area contributed by atoms with E-state index >= 15 is 0 Å². The zero-order valence-electron chi connectivity index (χ0n) is 18.4. The Kier molecular flexibility index (Phi) is 11.8. The Hall–Kier alpha value is -2.28. The van der Waals surface area contributed by atoms with Gasteiger partial charge in [0.15, 0.2) is 11.5 Å². The third kappa shape index (κ3) is 8.73. The fourth-order valence-electron chi connectivity index (χ4n) is 3.06. The summed E-state index contributed by atoms with van der Waals surface area (Å²) >= 11 is 0. The Morgan fingerprint density at radius 2 is 1.83 bits per heavy atom. The second-order valence-corrected chi connectivity index (χ2v) is 7.33. The van der Waals surface area contributed by atoms with Crippen molar-refractivity contribution in [2.75, 3.05) is 27.3 Å². The summed E-state index contributed by atoms with van der Waals surface area (Å²) in [5.74, 6) is 1.22. The second-order valence-electron chi connectivity index (χ2n) is 7.33. The minimum Gasteiger partial charge on any atom is -0.493 e. The van der Waals surface area contributed by atoms with E-state index in [-0.39, 0.29) is 17.7 Å². The molecule has 0 saturated carbocycles. The van der Waals surface area contributed by atoms with E-state index in [1.807, 2.05) is 32.0 Å². The molecule has 29 heavy (non-hydrogen) atoms. The Balaban J connectivity index is 2.57. The van der Waals surface area contributed by atoms with Gasteiger partial charge in [-0.05, 0) is 49.3 Å². The number of carbonyl (C=O) groups excluding carboxylic acids is 2. The van der Waals surface area contributed by atoms with Gasteiger partial charge in [-0.15, -0.1) is 0 Å². The van der Waals surface area contributed by atoms with Crippen LogP contribution in [0.2, 0.25) is 0 Å². The number of quaternary nitrogens is 1. The van der Waals surface area contributed by atoms with Crippen LogP contribution in [0.15, 0.2) is 18.2 Å². The minimum absolute atomic E-state index is 0.0607. The molecule has 0 heterocycles. The van der Waals surface area contributed by atoms with Gasteiger partial charge < -0.3 is 25.8 Å². The second kappa shape index (κ2) is 13.8. The van der Waals surface area contributed by atoms with E-state index < -0.39 is 6.04 Å². The summed E-state index contributed by atoms with van der Waals surface area (Å²) < 4.78 is 10.6. The number of carbonyl (C=O) groups is 2. The van der Waals surface area contributed by atoms with Crippen molar-refractivity contribution >= 4 is 11.8 Å². The Morgan fingerprint density at radius 1 is 1.10 bits per heavy atom. The van der Waals surface area contributed by atoms with E-state index in [0.717, 1.165) is 37.8 Å². The van der Waals surface area contributed by atoms with Crippen LogP contribution in [-0.2, 0) is 16.0 Å². The molecular weight excluding hydrogens is 370 g/mol. The van der Waals surface area contributed by atoms with Gasteiger partial charge in [0.05, 0.1) is 20.8 Å². The first kappa shape index (κ1) is 24.8. The van der Waals surface area contributed by atoms with Crippen LogP contribution in [0.1, 0.15) is 51.5 Å². The van der Waals surface area contributed by atoms with Gasteiger partial charge >= 0.3 is 0 Å². The van der Waals surface area contributed by atoms with Gasteiger partial charge in [0.2, 0.25) is 11.8 Å². The van der Waals surface area contributed by atoms with Gasteiger partial charge in [-0.3, -0.25) is 9.59 Å². The lowest BCUT2D eigenvalue weighted by molar-refractivity contribution is -0.368. The van der Waals surface area contributed by atoms with Crippen LogP contribution in [0, 0.1) is 5.92 Å². The molecule has 2 amide bonds. The average molecular weight is 409 g/mol. The van der Waals surface area contributed by atoms with Crippen molar-refractivity contribution in [3.63, 3.8) is 0 Å². The average Bonchev–Trinajstić information content (AvgIpc) is 2.74. The van der Waals surface area contributed by atoms with Crippen LogP contribution in [-0.4, -0.2) is 45.2 Å². The molecule has 0 aliphatic carbocycles. The maximum atomic E-state index is 12.7. The molecule has 0 spiro atoms. The van der Waals surface area contributed by atoms with Gasteiger partial charge in [0.1, 0.15) is 6.04 Å². The van der Waals surface area contributed by atoms with Crippen LogP contribution in [0.4, 0.5) is 0 Å². The zero-order valence-corrected chi connectivity index (χ0v) is 18.4. The number of rotatable bonds is 14. The largest absolute Gasteiger partial charge is 0.493 e. The molecule has 1 aromatic carbocycles. The summed E-state index contributed by atoms with van der Waals surface area (Å²) in [6, 6.07) is 5.20. The summed E-state index contributed by atoms with van der Waals surface area (Å²) in [7, 11) is 3.20. The third-order valence-corrected chi connectivity index (χ3v) is 5.13. The normalized spacial score (nSPS) is 12.7. The number of hydrogen-bond donors (Lipinski definition) is 3. The molecule has 2 atom stereocenters. The van der Waals surface area contributed by atoms with Crippen molar-refractivity contribution < 1.29 is 24.8 Å². The molecule has 1 rings (SSSR count). The molecule has 1 aromatic rings. The Bertz CT molecular complexity index is 636. The molecule has 0 unspecified atom stereocenters. The topological polar surface area (TPSA) is 104 Å². The van der Waals surface area contributed by atoms with E-state index in [0.29, 0.717) is 30.9 Å². The SMILES string of the molecule is CC[C@H](C)[C@H](NC(=O)CCCCC[NH3+])C(=O)NCCc1ccc(OC)c(OC)c1. The van der Waals surface area contributed by atoms with Crippen molar-refractivity contribution in [2.45, 2.75) is 58.4 Å². The smallest absolute Gasteiger partial charge is 0.242 e. The van der Waals surface area contributed by atoms with Crippen molar-refractivity contribution in [1.29, 1.82) is 0 Å². The third-order valence-electron chi connectivity index (χ3n) is 5.13. The number of unbranched alkanes of at least 4 members (excludes halogenated alkanes) is 2. The maximum Gasteiger partial charge on any atom is 0.242 e. The van der Waals surface area contributed by atoms with Gasteiger partial charge in [-0.2, -0.15) is 0 Å². The number of hydrogen-bond acceptors (Lipinski definition) is 4. The molecule has 7 nitrogen and oxygen atoms in total. The van der Waals surface area contributed by atoms with Crippen molar-refractivity contribution in [3.8, 4) is 11.5 Å². The van der Waals surface area contributed by atoms with Crippen LogP contribution < -0.4 is 25.8 Å². The highest BCUT2D eigenvalue weighted by molar-refractivity contribution is 5.87. The fraction of sp³-hybridized carbons (Fsp3) is 0.636. The lowest BCUT2D eigenvalue weighted by Gasteiger charge is -2.23. The van der Waals surface area contributed by atoms with E-state index in [1.165, 1.54) is 0 Å². The van der Waals surface area contributed by atoms with Crippen LogP contribution in [0.5, 0.6) is 11.5 Å². The van der Waals surface area contributed by atoms with Gasteiger partial charge in [-0.25, -0.2) is 0 Å². The molecule has 0 aromatic heterocycles.